The van der Waals surface area contributed by atoms with Crippen LogP contribution in [0.25, 0.3) is 0 Å². The second-order valence-corrected chi connectivity index (χ2v) is 10.4. The maximum Gasteiger partial charge on any atom is 0.277 e. The lowest BCUT2D eigenvalue weighted by atomic mass is 9.49. The largest absolute Gasteiger partial charge is 0.415 e. The van der Waals surface area contributed by atoms with E-state index in [2.05, 4.69) is 21.3 Å². The molecule has 2 heterocycles. The summed E-state index contributed by atoms with van der Waals surface area (Å²) in [5.41, 5.74) is 2.96. The molecule has 0 saturated heterocycles. The molecule has 6 rings (SSSR count). The van der Waals surface area contributed by atoms with Crippen LogP contribution in [0, 0.1) is 31.6 Å². The highest BCUT2D eigenvalue weighted by Crippen LogP contribution is 2.60. The van der Waals surface area contributed by atoms with Crippen LogP contribution in [-0.4, -0.2) is 26.3 Å². The molecule has 0 amide bonds. The first-order chi connectivity index (χ1) is 14.0. The summed E-state index contributed by atoms with van der Waals surface area (Å²) in [6.45, 7) is 8.54. The van der Waals surface area contributed by atoms with Gasteiger partial charge in [0, 0.05) is 28.9 Å². The number of thioether (sulfide) groups is 1. The molecule has 4 saturated carbocycles. The van der Waals surface area contributed by atoms with Gasteiger partial charge in [-0.3, -0.25) is 4.79 Å². The fourth-order valence-electron chi connectivity index (χ4n) is 6.55. The van der Waals surface area contributed by atoms with Gasteiger partial charge in [-0.05, 0) is 76.2 Å². The molecule has 2 aromatic rings. The zero-order valence-electron chi connectivity index (χ0n) is 17.3. The van der Waals surface area contributed by atoms with Crippen molar-refractivity contribution < 1.29 is 9.21 Å². The van der Waals surface area contributed by atoms with Crippen LogP contribution >= 0.6 is 11.8 Å². The van der Waals surface area contributed by atoms with E-state index in [9.17, 15) is 4.79 Å². The molecule has 4 aliphatic carbocycles. The number of ketones is 1. The number of nitrogens with zero attached hydrogens (tertiary/aromatic N) is 3. The van der Waals surface area contributed by atoms with Crippen molar-refractivity contribution in [2.24, 2.45) is 17.8 Å². The van der Waals surface area contributed by atoms with Gasteiger partial charge >= 0.3 is 0 Å². The summed E-state index contributed by atoms with van der Waals surface area (Å²) >= 11 is 1.37. The van der Waals surface area contributed by atoms with Crippen molar-refractivity contribution in [3.05, 3.63) is 41.6 Å². The van der Waals surface area contributed by atoms with Gasteiger partial charge in [-0.2, -0.15) is 0 Å². The number of Topliss-reactive ketones (excluding diaryl/α,β-unsaturated/α-hetero) is 1. The highest BCUT2D eigenvalue weighted by Gasteiger charge is 2.54. The topological polar surface area (TPSA) is 60.9 Å². The third-order valence-electron chi connectivity index (χ3n) is 7.41. The van der Waals surface area contributed by atoms with Crippen LogP contribution in [0.5, 0.6) is 0 Å². The predicted octanol–water partition coefficient (Wildman–Crippen LogP) is 5.12. The van der Waals surface area contributed by atoms with Crippen LogP contribution in [0.2, 0.25) is 0 Å². The third-order valence-corrected chi connectivity index (χ3v) is 8.23. The maximum absolute atomic E-state index is 12.8. The van der Waals surface area contributed by atoms with Gasteiger partial charge in [0.2, 0.25) is 5.89 Å². The molecule has 0 spiro atoms. The summed E-state index contributed by atoms with van der Waals surface area (Å²) in [6.07, 6.45) is 9.67. The first-order valence-corrected chi connectivity index (χ1v) is 11.7. The Morgan fingerprint density at radius 3 is 2.52 bits per heavy atom. The first-order valence-electron chi connectivity index (χ1n) is 10.7. The average molecular weight is 412 g/mol. The van der Waals surface area contributed by atoms with Gasteiger partial charge in [-0.15, -0.1) is 16.8 Å². The summed E-state index contributed by atoms with van der Waals surface area (Å²) in [7, 11) is 0. The zero-order chi connectivity index (χ0) is 20.2. The van der Waals surface area contributed by atoms with Crippen LogP contribution in [0.15, 0.2) is 28.4 Å². The van der Waals surface area contributed by atoms with Crippen LogP contribution < -0.4 is 0 Å². The molecule has 5 nitrogen and oxygen atoms in total. The average Bonchev–Trinajstić information content (AvgIpc) is 3.26. The molecule has 0 aromatic carbocycles. The standard InChI is InChI=1S/C23H29N3O2S/c1-4-5-26-14(2)6-19(15(26)3)20(27)13-29-22-25-24-21(28-22)23-10-16-7-17(11-23)9-18(8-16)12-23/h4,6,16-18H,1,5,7-13H2,2-3H3. The smallest absolute Gasteiger partial charge is 0.277 e. The maximum atomic E-state index is 12.8. The summed E-state index contributed by atoms with van der Waals surface area (Å²) in [5, 5.41) is 9.27. The summed E-state index contributed by atoms with van der Waals surface area (Å²) in [4.78, 5) is 12.8. The molecule has 0 N–H and O–H groups in total. The molecular weight excluding hydrogens is 382 g/mol. The first kappa shape index (κ1) is 19.2. The molecule has 4 fully saturated rings. The lowest BCUT2D eigenvalue weighted by Crippen LogP contribution is -2.48. The number of hydrogen-bond donors (Lipinski definition) is 0. The molecule has 0 unspecified atom stereocenters. The third kappa shape index (κ3) is 3.29. The fourth-order valence-corrected chi connectivity index (χ4v) is 7.20. The van der Waals surface area contributed by atoms with Gasteiger partial charge in [0.05, 0.1) is 5.75 Å². The van der Waals surface area contributed by atoms with Crippen molar-refractivity contribution in [2.75, 3.05) is 5.75 Å². The SMILES string of the molecule is C=CCn1c(C)cc(C(=O)CSc2nnc(C34CC5CC(CC(C5)C3)C4)o2)c1C. The summed E-state index contributed by atoms with van der Waals surface area (Å²) in [6, 6.07) is 1.97. The Morgan fingerprint density at radius 2 is 1.90 bits per heavy atom. The molecule has 0 atom stereocenters. The Morgan fingerprint density at radius 1 is 1.24 bits per heavy atom. The van der Waals surface area contributed by atoms with Crippen molar-refractivity contribution in [1.82, 2.24) is 14.8 Å². The van der Waals surface area contributed by atoms with E-state index >= 15 is 0 Å². The van der Waals surface area contributed by atoms with Crippen molar-refractivity contribution in [3.8, 4) is 0 Å². The van der Waals surface area contributed by atoms with Crippen molar-refractivity contribution in [3.63, 3.8) is 0 Å². The second kappa shape index (κ2) is 7.15. The number of allylic oxidation sites excluding steroid dienone is 1. The molecule has 2 aromatic heterocycles. The Bertz CT molecular complexity index is 922. The molecule has 4 bridgehead atoms. The van der Waals surface area contributed by atoms with Crippen LogP contribution in [0.1, 0.15) is 66.2 Å². The fraction of sp³-hybridized carbons (Fsp3) is 0.609. The van der Waals surface area contributed by atoms with E-state index in [1.807, 2.05) is 26.0 Å². The van der Waals surface area contributed by atoms with Gasteiger partial charge < -0.3 is 8.98 Å². The van der Waals surface area contributed by atoms with Crippen molar-refractivity contribution >= 4 is 17.5 Å². The highest BCUT2D eigenvalue weighted by atomic mass is 32.2. The lowest BCUT2D eigenvalue weighted by Gasteiger charge is -2.55. The van der Waals surface area contributed by atoms with Gasteiger partial charge in [-0.25, -0.2) is 0 Å². The molecule has 4 aliphatic rings. The second-order valence-electron chi connectivity index (χ2n) is 9.47. The minimum absolute atomic E-state index is 0.105. The van der Waals surface area contributed by atoms with Crippen LogP contribution in [0.4, 0.5) is 0 Å². The Hall–Kier alpha value is -1.82. The Labute approximate surface area is 176 Å². The monoisotopic (exact) mass is 411 g/mol. The molecule has 6 heteroatoms. The highest BCUT2D eigenvalue weighted by molar-refractivity contribution is 7.99. The number of carbonyl (C=O) groups excluding carboxylic acids is 1. The van der Waals surface area contributed by atoms with E-state index in [1.54, 1.807) is 0 Å². The van der Waals surface area contributed by atoms with Crippen molar-refractivity contribution in [1.29, 1.82) is 0 Å². The number of carbonyl (C=O) groups is 1. The number of rotatable bonds is 7. The number of aryl methyl sites for hydroxylation is 1. The van der Waals surface area contributed by atoms with E-state index in [1.165, 1.54) is 50.3 Å². The number of aromatic nitrogens is 3. The molecule has 0 aliphatic heterocycles. The van der Waals surface area contributed by atoms with Gasteiger partial charge in [-0.1, -0.05) is 17.8 Å². The van der Waals surface area contributed by atoms with Gasteiger partial charge in [0.25, 0.3) is 5.22 Å². The zero-order valence-corrected chi connectivity index (χ0v) is 18.1. The summed E-state index contributed by atoms with van der Waals surface area (Å²) in [5.74, 6) is 3.79. The van der Waals surface area contributed by atoms with E-state index in [-0.39, 0.29) is 11.2 Å². The molecule has 29 heavy (non-hydrogen) atoms. The van der Waals surface area contributed by atoms with E-state index in [0.717, 1.165) is 47.1 Å². The summed E-state index contributed by atoms with van der Waals surface area (Å²) < 4.78 is 8.24. The van der Waals surface area contributed by atoms with Crippen LogP contribution in [-0.2, 0) is 12.0 Å². The Kier molecular flexibility index (Phi) is 4.72. The van der Waals surface area contributed by atoms with Crippen LogP contribution in [0.3, 0.4) is 0 Å². The van der Waals surface area contributed by atoms with Gasteiger partial charge in [0.1, 0.15) is 0 Å². The molecule has 154 valence electrons. The molecule has 0 radical (unpaired) electrons. The van der Waals surface area contributed by atoms with E-state index in [4.69, 9.17) is 4.42 Å². The minimum Gasteiger partial charge on any atom is -0.415 e. The minimum atomic E-state index is 0.105. The van der Waals surface area contributed by atoms with Gasteiger partial charge in [0.15, 0.2) is 5.78 Å². The quantitative estimate of drug-likeness (QED) is 0.360. The predicted molar refractivity (Wildman–Crippen MR) is 113 cm³/mol. The number of hydrogen-bond acceptors (Lipinski definition) is 5. The van der Waals surface area contributed by atoms with Crippen molar-refractivity contribution in [2.45, 2.75) is 69.6 Å². The van der Waals surface area contributed by atoms with E-state index < -0.39 is 0 Å². The lowest BCUT2D eigenvalue weighted by molar-refractivity contribution is -0.0191. The van der Waals surface area contributed by atoms with E-state index in [0.29, 0.717) is 11.0 Å². The Balaban J connectivity index is 1.27. The normalized spacial score (nSPS) is 30.1. The molecular formula is C23H29N3O2S.